The van der Waals surface area contributed by atoms with Gasteiger partial charge in [-0.2, -0.15) is 0 Å². The lowest BCUT2D eigenvalue weighted by Gasteiger charge is -2.10. The molecule has 1 rings (SSSR count). The highest BCUT2D eigenvalue weighted by atomic mass is 35.5. The standard InChI is InChI=1S/C13H12Cl2O4/c1-2-5-19-13-9(14)6-8(7-10(13)15)11(16)3-4-12(17)18/h3-4,6-7H,2,5H2,1H3,(H,17,18)/b4-3+. The minimum absolute atomic E-state index is 0.205. The van der Waals surface area contributed by atoms with Gasteiger partial charge in [-0.25, -0.2) is 4.79 Å². The Labute approximate surface area is 120 Å². The van der Waals surface area contributed by atoms with Crippen LogP contribution in [0.25, 0.3) is 0 Å². The molecular formula is C13H12Cl2O4. The molecule has 1 aromatic carbocycles. The molecule has 0 spiro atoms. The van der Waals surface area contributed by atoms with Gasteiger partial charge in [-0.05, 0) is 24.6 Å². The molecule has 102 valence electrons. The fourth-order valence-corrected chi connectivity index (χ4v) is 1.88. The number of halogens is 2. The van der Waals surface area contributed by atoms with Crippen molar-refractivity contribution in [1.29, 1.82) is 0 Å². The lowest BCUT2D eigenvalue weighted by Crippen LogP contribution is -2.00. The third kappa shape index (κ3) is 4.58. The van der Waals surface area contributed by atoms with Gasteiger partial charge in [-0.3, -0.25) is 4.79 Å². The third-order valence-electron chi connectivity index (χ3n) is 2.11. The lowest BCUT2D eigenvalue weighted by atomic mass is 10.1. The Morgan fingerprint density at radius 3 is 2.32 bits per heavy atom. The largest absolute Gasteiger partial charge is 0.490 e. The summed E-state index contributed by atoms with van der Waals surface area (Å²) in [5, 5.41) is 8.88. The molecule has 0 radical (unpaired) electrons. The summed E-state index contributed by atoms with van der Waals surface area (Å²) in [5.74, 6) is -1.37. The van der Waals surface area contributed by atoms with E-state index in [1.807, 2.05) is 6.92 Å². The molecule has 0 aliphatic rings. The van der Waals surface area contributed by atoms with Crippen LogP contribution in [0.2, 0.25) is 10.0 Å². The first-order chi connectivity index (χ1) is 8.95. The van der Waals surface area contributed by atoms with Gasteiger partial charge < -0.3 is 9.84 Å². The van der Waals surface area contributed by atoms with Crippen LogP contribution in [0.1, 0.15) is 23.7 Å². The Balaban J connectivity index is 3.00. The second-order valence-electron chi connectivity index (χ2n) is 3.65. The Hall–Kier alpha value is -1.52. The smallest absolute Gasteiger partial charge is 0.328 e. The molecule has 0 aliphatic heterocycles. The fraction of sp³-hybridized carbons (Fsp3) is 0.231. The van der Waals surface area contributed by atoms with Crippen LogP contribution in [-0.4, -0.2) is 23.5 Å². The summed E-state index contributed by atoms with van der Waals surface area (Å²) < 4.78 is 5.36. The van der Waals surface area contributed by atoms with Crippen molar-refractivity contribution in [3.05, 3.63) is 39.9 Å². The van der Waals surface area contributed by atoms with E-state index in [9.17, 15) is 9.59 Å². The average molecular weight is 303 g/mol. The topological polar surface area (TPSA) is 63.6 Å². The number of aliphatic carboxylic acids is 1. The van der Waals surface area contributed by atoms with Gasteiger partial charge in [0.25, 0.3) is 0 Å². The number of carboxylic acids is 1. The van der Waals surface area contributed by atoms with Crippen molar-refractivity contribution in [3.8, 4) is 5.75 Å². The highest BCUT2D eigenvalue weighted by Gasteiger charge is 2.12. The normalized spacial score (nSPS) is 10.7. The van der Waals surface area contributed by atoms with Gasteiger partial charge in [0.15, 0.2) is 11.5 Å². The van der Waals surface area contributed by atoms with E-state index in [1.165, 1.54) is 12.1 Å². The molecule has 19 heavy (non-hydrogen) atoms. The van der Waals surface area contributed by atoms with Gasteiger partial charge in [-0.1, -0.05) is 30.1 Å². The van der Waals surface area contributed by atoms with E-state index >= 15 is 0 Å². The number of hydrogen-bond acceptors (Lipinski definition) is 3. The van der Waals surface area contributed by atoms with Gasteiger partial charge in [-0.15, -0.1) is 0 Å². The number of carbonyl (C=O) groups is 2. The maximum Gasteiger partial charge on any atom is 0.328 e. The second-order valence-corrected chi connectivity index (χ2v) is 4.47. The molecular weight excluding hydrogens is 291 g/mol. The fourth-order valence-electron chi connectivity index (χ4n) is 1.29. The maximum atomic E-state index is 11.7. The van der Waals surface area contributed by atoms with E-state index in [1.54, 1.807) is 0 Å². The van der Waals surface area contributed by atoms with Crippen LogP contribution in [0, 0.1) is 0 Å². The molecule has 0 amide bonds. The molecule has 0 bridgehead atoms. The van der Waals surface area contributed by atoms with Crippen molar-refractivity contribution in [3.63, 3.8) is 0 Å². The maximum absolute atomic E-state index is 11.7. The first kappa shape index (κ1) is 15.5. The summed E-state index contributed by atoms with van der Waals surface area (Å²) in [4.78, 5) is 22.0. The summed E-state index contributed by atoms with van der Waals surface area (Å²) in [6.45, 7) is 2.40. The summed E-state index contributed by atoms with van der Waals surface area (Å²) >= 11 is 12.0. The molecule has 1 N–H and O–H groups in total. The Bertz CT molecular complexity index is 500. The number of allylic oxidation sites excluding steroid dienone is 1. The predicted molar refractivity (Wildman–Crippen MR) is 73.4 cm³/mol. The number of rotatable bonds is 6. The lowest BCUT2D eigenvalue weighted by molar-refractivity contribution is -0.131. The van der Waals surface area contributed by atoms with E-state index in [4.69, 9.17) is 33.0 Å². The van der Waals surface area contributed by atoms with Crippen LogP contribution in [0.4, 0.5) is 0 Å². The minimum Gasteiger partial charge on any atom is -0.490 e. The second kappa shape index (κ2) is 7.16. The molecule has 0 heterocycles. The first-order valence-electron chi connectivity index (χ1n) is 5.53. The van der Waals surface area contributed by atoms with Gasteiger partial charge in [0.2, 0.25) is 0 Å². The summed E-state index contributed by atoms with van der Waals surface area (Å²) in [6, 6.07) is 2.79. The van der Waals surface area contributed by atoms with E-state index in [0.29, 0.717) is 12.4 Å². The van der Waals surface area contributed by atoms with Crippen LogP contribution in [-0.2, 0) is 4.79 Å². The number of ketones is 1. The van der Waals surface area contributed by atoms with E-state index in [-0.39, 0.29) is 15.6 Å². The van der Waals surface area contributed by atoms with E-state index in [2.05, 4.69) is 0 Å². The molecule has 0 aliphatic carbocycles. The molecule has 0 saturated carbocycles. The zero-order valence-corrected chi connectivity index (χ0v) is 11.7. The van der Waals surface area contributed by atoms with Crippen LogP contribution < -0.4 is 4.74 Å². The Morgan fingerprint density at radius 2 is 1.84 bits per heavy atom. The summed E-state index contributed by atoms with van der Waals surface area (Å²) in [7, 11) is 0. The summed E-state index contributed by atoms with van der Waals surface area (Å²) in [5.41, 5.74) is 0.205. The molecule has 0 saturated heterocycles. The van der Waals surface area contributed by atoms with Gasteiger partial charge in [0.1, 0.15) is 0 Å². The number of hydrogen-bond donors (Lipinski definition) is 1. The van der Waals surface area contributed by atoms with Crippen LogP contribution in [0.15, 0.2) is 24.3 Å². The van der Waals surface area contributed by atoms with E-state index in [0.717, 1.165) is 18.6 Å². The molecule has 6 heteroatoms. The van der Waals surface area contributed by atoms with Crippen molar-refractivity contribution in [2.45, 2.75) is 13.3 Å². The predicted octanol–water partition coefficient (Wildman–Crippen LogP) is 3.61. The quantitative estimate of drug-likeness (QED) is 0.644. The summed E-state index contributed by atoms with van der Waals surface area (Å²) in [6.07, 6.45) is 2.50. The Kier molecular flexibility index (Phi) is 5.86. The zero-order valence-electron chi connectivity index (χ0n) is 10.2. The molecule has 0 atom stereocenters. The van der Waals surface area contributed by atoms with Crippen LogP contribution in [0.3, 0.4) is 0 Å². The third-order valence-corrected chi connectivity index (χ3v) is 2.67. The van der Waals surface area contributed by atoms with Crippen molar-refractivity contribution in [2.24, 2.45) is 0 Å². The highest BCUT2D eigenvalue weighted by Crippen LogP contribution is 2.34. The number of ether oxygens (including phenoxy) is 1. The molecule has 0 aromatic heterocycles. The van der Waals surface area contributed by atoms with E-state index < -0.39 is 11.8 Å². The van der Waals surface area contributed by atoms with Gasteiger partial charge in [0, 0.05) is 11.6 Å². The van der Waals surface area contributed by atoms with Crippen LogP contribution >= 0.6 is 23.2 Å². The monoisotopic (exact) mass is 302 g/mol. The van der Waals surface area contributed by atoms with Crippen molar-refractivity contribution in [1.82, 2.24) is 0 Å². The van der Waals surface area contributed by atoms with Crippen molar-refractivity contribution in [2.75, 3.05) is 6.61 Å². The molecule has 0 fully saturated rings. The average Bonchev–Trinajstić information content (AvgIpc) is 2.34. The minimum atomic E-state index is -1.20. The van der Waals surface area contributed by atoms with Crippen LogP contribution in [0.5, 0.6) is 5.75 Å². The highest BCUT2D eigenvalue weighted by molar-refractivity contribution is 6.37. The molecule has 1 aromatic rings. The van der Waals surface area contributed by atoms with Gasteiger partial charge >= 0.3 is 5.97 Å². The van der Waals surface area contributed by atoms with Crippen molar-refractivity contribution >= 4 is 35.0 Å². The number of carboxylic acid groups (broad SMARTS) is 1. The van der Waals surface area contributed by atoms with Gasteiger partial charge in [0.05, 0.1) is 16.7 Å². The van der Waals surface area contributed by atoms with Crippen molar-refractivity contribution < 1.29 is 19.4 Å². The first-order valence-corrected chi connectivity index (χ1v) is 6.28. The molecule has 0 unspecified atom stereocenters. The zero-order chi connectivity index (χ0) is 14.4. The number of carbonyl (C=O) groups excluding carboxylic acids is 1. The molecule has 4 nitrogen and oxygen atoms in total. The number of benzene rings is 1. The SMILES string of the molecule is CCCOc1c(Cl)cc(C(=O)/C=C/C(=O)O)cc1Cl. The Morgan fingerprint density at radius 1 is 1.26 bits per heavy atom.